The number of imidazole rings is 1. The van der Waals surface area contributed by atoms with Crippen LogP contribution in [0.3, 0.4) is 0 Å². The molecule has 1 aromatic heterocycles. The number of benzene rings is 1. The van der Waals surface area contributed by atoms with Crippen LogP contribution in [0, 0.1) is 0 Å². The largest absolute Gasteiger partial charge is 0.345 e. The van der Waals surface area contributed by atoms with E-state index in [-0.39, 0.29) is 11.8 Å². The molecule has 1 aliphatic rings. The molecule has 2 aromatic rings. The van der Waals surface area contributed by atoms with Crippen LogP contribution in [-0.2, 0) is 4.79 Å². The van der Waals surface area contributed by atoms with Gasteiger partial charge in [0.25, 0.3) is 5.91 Å². The molecule has 22 heavy (non-hydrogen) atoms. The number of piperidine rings is 1. The zero-order valence-electron chi connectivity index (χ0n) is 12.6. The molecule has 0 aliphatic carbocycles. The predicted octanol–water partition coefficient (Wildman–Crippen LogP) is 1.69. The SMILES string of the molecule is C[C@@H](NC(=O)c1ccc2nc[nH]c2c1)C(=O)N1CCCCC1. The summed E-state index contributed by atoms with van der Waals surface area (Å²) in [5.41, 5.74) is 2.15. The first-order valence-electron chi connectivity index (χ1n) is 7.68. The maximum atomic E-state index is 12.3. The number of amides is 2. The Morgan fingerprint density at radius 2 is 2.05 bits per heavy atom. The maximum Gasteiger partial charge on any atom is 0.251 e. The Labute approximate surface area is 128 Å². The minimum atomic E-state index is -0.511. The van der Waals surface area contributed by atoms with Crippen LogP contribution >= 0.6 is 0 Å². The molecule has 0 unspecified atom stereocenters. The Morgan fingerprint density at radius 1 is 1.27 bits per heavy atom. The molecule has 3 rings (SSSR count). The third kappa shape index (κ3) is 2.95. The van der Waals surface area contributed by atoms with Gasteiger partial charge in [-0.2, -0.15) is 0 Å². The number of rotatable bonds is 3. The second kappa shape index (κ2) is 6.17. The fourth-order valence-corrected chi connectivity index (χ4v) is 2.81. The number of nitrogens with one attached hydrogen (secondary N) is 2. The average molecular weight is 300 g/mol. The van der Waals surface area contributed by atoms with Crippen LogP contribution in [0.4, 0.5) is 0 Å². The van der Waals surface area contributed by atoms with Gasteiger partial charge in [-0.3, -0.25) is 9.59 Å². The summed E-state index contributed by atoms with van der Waals surface area (Å²) in [4.78, 5) is 33.6. The molecule has 2 N–H and O–H groups in total. The van der Waals surface area contributed by atoms with Crippen molar-refractivity contribution in [1.29, 1.82) is 0 Å². The van der Waals surface area contributed by atoms with Gasteiger partial charge in [0.2, 0.25) is 5.91 Å². The van der Waals surface area contributed by atoms with Crippen molar-refractivity contribution >= 4 is 22.8 Å². The van der Waals surface area contributed by atoms with Gasteiger partial charge < -0.3 is 15.2 Å². The molecule has 1 fully saturated rings. The molecule has 6 nitrogen and oxygen atoms in total. The van der Waals surface area contributed by atoms with E-state index in [1.54, 1.807) is 31.5 Å². The van der Waals surface area contributed by atoms with Crippen molar-refractivity contribution in [2.45, 2.75) is 32.2 Å². The quantitative estimate of drug-likeness (QED) is 0.905. The number of hydrogen-bond acceptors (Lipinski definition) is 3. The van der Waals surface area contributed by atoms with E-state index in [2.05, 4.69) is 15.3 Å². The molecular formula is C16H20N4O2. The fraction of sp³-hybridized carbons (Fsp3) is 0.438. The standard InChI is InChI=1S/C16H20N4O2/c1-11(16(22)20-7-3-2-4-8-20)19-15(21)12-5-6-13-14(9-12)18-10-17-13/h5-6,9-11H,2-4,7-8H2,1H3,(H,17,18)(H,19,21)/t11-/m1/s1. The zero-order chi connectivity index (χ0) is 15.5. The highest BCUT2D eigenvalue weighted by atomic mass is 16.2. The molecule has 1 saturated heterocycles. The molecule has 2 amide bonds. The first-order chi connectivity index (χ1) is 10.6. The Balaban J connectivity index is 1.65. The molecule has 116 valence electrons. The average Bonchev–Trinajstić information content (AvgIpc) is 3.02. The van der Waals surface area contributed by atoms with Crippen molar-refractivity contribution in [3.63, 3.8) is 0 Å². The van der Waals surface area contributed by atoms with Gasteiger partial charge in [0.15, 0.2) is 0 Å². The highest BCUT2D eigenvalue weighted by Crippen LogP contribution is 2.13. The van der Waals surface area contributed by atoms with Crippen LogP contribution in [0.25, 0.3) is 11.0 Å². The summed E-state index contributed by atoms with van der Waals surface area (Å²) < 4.78 is 0. The number of likely N-dealkylation sites (tertiary alicyclic amines) is 1. The van der Waals surface area contributed by atoms with Gasteiger partial charge in [0.1, 0.15) is 6.04 Å². The Kier molecular flexibility index (Phi) is 4.09. The van der Waals surface area contributed by atoms with Gasteiger partial charge >= 0.3 is 0 Å². The van der Waals surface area contributed by atoms with Crippen LogP contribution < -0.4 is 5.32 Å². The lowest BCUT2D eigenvalue weighted by Gasteiger charge is -2.29. The lowest BCUT2D eigenvalue weighted by atomic mass is 10.1. The monoisotopic (exact) mass is 300 g/mol. The molecule has 1 aliphatic heterocycles. The minimum Gasteiger partial charge on any atom is -0.345 e. The fourth-order valence-electron chi connectivity index (χ4n) is 2.81. The first-order valence-corrected chi connectivity index (χ1v) is 7.68. The molecule has 1 aromatic carbocycles. The van der Waals surface area contributed by atoms with Crippen molar-refractivity contribution in [1.82, 2.24) is 20.2 Å². The molecule has 0 bridgehead atoms. The van der Waals surface area contributed by atoms with E-state index in [4.69, 9.17) is 0 Å². The zero-order valence-corrected chi connectivity index (χ0v) is 12.6. The minimum absolute atomic E-state index is 0.00401. The van der Waals surface area contributed by atoms with Crippen LogP contribution in [0.1, 0.15) is 36.5 Å². The Hall–Kier alpha value is -2.37. The molecule has 0 spiro atoms. The number of H-pyrrole nitrogens is 1. The number of nitrogens with zero attached hydrogens (tertiary/aromatic N) is 2. The van der Waals surface area contributed by atoms with E-state index >= 15 is 0 Å². The highest BCUT2D eigenvalue weighted by molar-refractivity contribution is 5.99. The lowest BCUT2D eigenvalue weighted by Crippen LogP contribution is -2.48. The second-order valence-corrected chi connectivity index (χ2v) is 5.72. The highest BCUT2D eigenvalue weighted by Gasteiger charge is 2.23. The van der Waals surface area contributed by atoms with Crippen LogP contribution in [0.2, 0.25) is 0 Å². The van der Waals surface area contributed by atoms with Gasteiger partial charge in [-0.15, -0.1) is 0 Å². The van der Waals surface area contributed by atoms with Gasteiger partial charge in [0, 0.05) is 18.7 Å². The smallest absolute Gasteiger partial charge is 0.251 e. The number of aromatic amines is 1. The van der Waals surface area contributed by atoms with E-state index in [1.807, 2.05) is 4.90 Å². The van der Waals surface area contributed by atoms with Gasteiger partial charge in [-0.1, -0.05) is 0 Å². The number of aromatic nitrogens is 2. The Morgan fingerprint density at radius 3 is 2.82 bits per heavy atom. The summed E-state index contributed by atoms with van der Waals surface area (Å²) in [5, 5.41) is 2.79. The summed E-state index contributed by atoms with van der Waals surface area (Å²) in [6.07, 6.45) is 4.86. The van der Waals surface area contributed by atoms with E-state index in [0.29, 0.717) is 5.56 Å². The second-order valence-electron chi connectivity index (χ2n) is 5.72. The molecule has 1 atom stereocenters. The normalized spacial score (nSPS) is 16.5. The lowest BCUT2D eigenvalue weighted by molar-refractivity contribution is -0.133. The topological polar surface area (TPSA) is 78.1 Å². The van der Waals surface area contributed by atoms with E-state index in [9.17, 15) is 9.59 Å². The van der Waals surface area contributed by atoms with E-state index < -0.39 is 6.04 Å². The molecule has 2 heterocycles. The number of carbonyl (C=O) groups is 2. The van der Waals surface area contributed by atoms with Crippen molar-refractivity contribution in [2.24, 2.45) is 0 Å². The first kappa shape index (κ1) is 14.6. The van der Waals surface area contributed by atoms with Gasteiger partial charge in [-0.05, 0) is 44.4 Å². The Bertz CT molecular complexity index is 688. The van der Waals surface area contributed by atoms with Gasteiger partial charge in [-0.25, -0.2) is 4.98 Å². The molecular weight excluding hydrogens is 280 g/mol. The van der Waals surface area contributed by atoms with Crippen LogP contribution in [-0.4, -0.2) is 45.8 Å². The van der Waals surface area contributed by atoms with Crippen molar-refractivity contribution < 1.29 is 9.59 Å². The van der Waals surface area contributed by atoms with Crippen molar-refractivity contribution in [2.75, 3.05) is 13.1 Å². The summed E-state index contributed by atoms with van der Waals surface area (Å²) in [5.74, 6) is -0.245. The van der Waals surface area contributed by atoms with Gasteiger partial charge in [0.05, 0.1) is 17.4 Å². The summed E-state index contributed by atoms with van der Waals surface area (Å²) in [6.45, 7) is 3.32. The number of fused-ring (bicyclic) bond motifs is 1. The number of carbonyl (C=O) groups excluding carboxylic acids is 2. The maximum absolute atomic E-state index is 12.3. The van der Waals surface area contributed by atoms with Crippen LogP contribution in [0.15, 0.2) is 24.5 Å². The number of hydrogen-bond donors (Lipinski definition) is 2. The molecule has 6 heteroatoms. The van der Waals surface area contributed by atoms with E-state index in [1.165, 1.54) is 6.42 Å². The van der Waals surface area contributed by atoms with Crippen molar-refractivity contribution in [3.8, 4) is 0 Å². The predicted molar refractivity (Wildman–Crippen MR) is 83.5 cm³/mol. The molecule has 0 radical (unpaired) electrons. The third-order valence-corrected chi connectivity index (χ3v) is 4.07. The van der Waals surface area contributed by atoms with Crippen LogP contribution in [0.5, 0.6) is 0 Å². The summed E-state index contributed by atoms with van der Waals surface area (Å²) in [7, 11) is 0. The summed E-state index contributed by atoms with van der Waals surface area (Å²) in [6, 6.07) is 4.74. The van der Waals surface area contributed by atoms with E-state index in [0.717, 1.165) is 37.0 Å². The summed E-state index contributed by atoms with van der Waals surface area (Å²) >= 11 is 0. The third-order valence-electron chi connectivity index (χ3n) is 4.07. The molecule has 0 saturated carbocycles. The van der Waals surface area contributed by atoms with Crippen molar-refractivity contribution in [3.05, 3.63) is 30.1 Å².